The molecule has 0 atom stereocenters. The molecule has 8 nitrogen and oxygen atoms in total. The maximum absolute atomic E-state index is 13.0. The average Bonchev–Trinajstić information content (AvgIpc) is 3.37. The Morgan fingerprint density at radius 1 is 1.07 bits per heavy atom. The van der Waals surface area contributed by atoms with Gasteiger partial charge in [-0.2, -0.15) is 5.26 Å². The van der Waals surface area contributed by atoms with Gasteiger partial charge in [0.25, 0.3) is 5.91 Å². The van der Waals surface area contributed by atoms with E-state index in [1.807, 2.05) is 57.2 Å². The van der Waals surface area contributed by atoms with E-state index < -0.39 is 5.41 Å². The van der Waals surface area contributed by atoms with E-state index in [1.165, 1.54) is 11.3 Å². The van der Waals surface area contributed by atoms with Gasteiger partial charge in [0, 0.05) is 49.6 Å². The highest BCUT2D eigenvalue weighted by atomic mass is 32.1. The van der Waals surface area contributed by atoms with Gasteiger partial charge in [-0.3, -0.25) is 14.5 Å². The van der Waals surface area contributed by atoms with Gasteiger partial charge in [-0.1, -0.05) is 18.2 Å². The number of carbonyl (C=O) groups excluding carboxylic acids is 2. The van der Waals surface area contributed by atoms with Crippen LogP contribution in [-0.2, 0) is 16.6 Å². The van der Waals surface area contributed by atoms with Crippen LogP contribution in [0.4, 0.5) is 5.69 Å². The van der Waals surface area contributed by atoms with E-state index in [9.17, 15) is 14.9 Å². The number of thiazole rings is 1. The molecule has 1 aliphatic rings. The highest BCUT2D eigenvalue weighted by molar-refractivity contribution is 7.18. The molecule has 1 aliphatic heterocycles. The van der Waals surface area contributed by atoms with Gasteiger partial charge in [0.1, 0.15) is 16.5 Å². The fourth-order valence-electron chi connectivity index (χ4n) is 4.80. The zero-order valence-electron chi connectivity index (χ0n) is 24.4. The minimum atomic E-state index is -0.693. The van der Waals surface area contributed by atoms with E-state index >= 15 is 0 Å². The van der Waals surface area contributed by atoms with Gasteiger partial charge in [0.05, 0.1) is 34.7 Å². The van der Waals surface area contributed by atoms with Crippen molar-refractivity contribution < 1.29 is 14.3 Å². The molecule has 0 aliphatic carbocycles. The van der Waals surface area contributed by atoms with Crippen LogP contribution < -0.4 is 10.1 Å². The lowest BCUT2D eigenvalue weighted by atomic mass is 9.85. The van der Waals surface area contributed by atoms with E-state index in [1.54, 1.807) is 24.3 Å². The lowest BCUT2D eigenvalue weighted by molar-refractivity contribution is -0.119. The number of nitrogens with zero attached hydrogens (tertiary/aromatic N) is 4. The third kappa shape index (κ3) is 7.02. The summed E-state index contributed by atoms with van der Waals surface area (Å²) in [7, 11) is 2.11. The summed E-state index contributed by atoms with van der Waals surface area (Å²) in [6.45, 7) is 9.88. The molecule has 3 aromatic carbocycles. The molecule has 216 valence electrons. The zero-order chi connectivity index (χ0) is 29.9. The fourth-order valence-corrected chi connectivity index (χ4v) is 5.83. The third-order valence-electron chi connectivity index (χ3n) is 7.55. The summed E-state index contributed by atoms with van der Waals surface area (Å²) in [5, 5.41) is 13.2. The Morgan fingerprint density at radius 2 is 1.86 bits per heavy atom. The number of nitrogens with one attached hydrogen (secondary N) is 1. The molecule has 42 heavy (non-hydrogen) atoms. The second-order valence-corrected chi connectivity index (χ2v) is 12.5. The SMILES string of the molecule is Cc1ccc(NC(=O)c2cccc(C(C)(C)C#N)c2)cc1Oc1ccc2nc(CC(=O)CN3CCN(C)CC3)sc2c1. The number of piperazine rings is 1. The second-order valence-electron chi connectivity index (χ2n) is 11.4. The summed E-state index contributed by atoms with van der Waals surface area (Å²) in [4.78, 5) is 34.9. The zero-order valence-corrected chi connectivity index (χ0v) is 25.3. The number of Topliss-reactive ketones (excluding diaryl/α,β-unsaturated/α-hetero) is 1. The number of likely N-dealkylation sites (N-methyl/N-ethyl adjacent to an activating group) is 1. The van der Waals surface area contributed by atoms with Crippen molar-refractivity contribution in [2.45, 2.75) is 32.6 Å². The number of nitriles is 1. The van der Waals surface area contributed by atoms with Crippen molar-refractivity contribution in [1.82, 2.24) is 14.8 Å². The molecular weight excluding hydrogens is 546 g/mol. The van der Waals surface area contributed by atoms with Crippen molar-refractivity contribution >= 4 is 38.9 Å². The normalized spacial score (nSPS) is 14.5. The number of amides is 1. The standard InChI is InChI=1S/C33H35N5O3S/c1-22-8-9-25(35-32(40)23-6-5-7-24(16-23)33(2,3)21-34)17-29(22)41-27-10-11-28-30(19-27)42-31(36-28)18-26(39)20-38-14-12-37(4)13-15-38/h5-11,16-17,19H,12-15,18,20H2,1-4H3,(H,35,40). The van der Waals surface area contributed by atoms with E-state index in [0.717, 1.165) is 52.5 Å². The van der Waals surface area contributed by atoms with E-state index in [-0.39, 0.29) is 11.7 Å². The Hall–Kier alpha value is -4.10. The monoisotopic (exact) mass is 581 g/mol. The van der Waals surface area contributed by atoms with Crippen molar-refractivity contribution in [3.8, 4) is 17.6 Å². The summed E-state index contributed by atoms with van der Waals surface area (Å²) in [5.41, 5.74) is 2.94. The molecule has 0 radical (unpaired) electrons. The topological polar surface area (TPSA) is 98.6 Å². The van der Waals surface area contributed by atoms with Crippen molar-refractivity contribution in [2.75, 3.05) is 45.1 Å². The van der Waals surface area contributed by atoms with Crippen molar-refractivity contribution in [3.63, 3.8) is 0 Å². The summed E-state index contributed by atoms with van der Waals surface area (Å²) in [6.07, 6.45) is 0.333. The Labute approximate surface area is 250 Å². The van der Waals surface area contributed by atoms with Gasteiger partial charge in [-0.15, -0.1) is 11.3 Å². The number of aromatic nitrogens is 1. The van der Waals surface area contributed by atoms with Gasteiger partial charge in [0.15, 0.2) is 5.78 Å². The number of hydrogen-bond acceptors (Lipinski definition) is 8. The highest BCUT2D eigenvalue weighted by Gasteiger charge is 2.21. The van der Waals surface area contributed by atoms with Crippen LogP contribution in [0, 0.1) is 18.3 Å². The number of fused-ring (bicyclic) bond motifs is 1. The first kappa shape index (κ1) is 29.4. The Bertz CT molecular complexity index is 1660. The molecule has 9 heteroatoms. The van der Waals surface area contributed by atoms with Crippen molar-refractivity contribution in [2.24, 2.45) is 0 Å². The van der Waals surface area contributed by atoms with Gasteiger partial charge in [0.2, 0.25) is 0 Å². The lowest BCUT2D eigenvalue weighted by Crippen LogP contribution is -2.46. The average molecular weight is 582 g/mol. The summed E-state index contributed by atoms with van der Waals surface area (Å²) in [5.74, 6) is 1.20. The number of ketones is 1. The molecule has 4 aromatic rings. The molecule has 5 rings (SSSR count). The summed E-state index contributed by atoms with van der Waals surface area (Å²) < 4.78 is 7.19. The van der Waals surface area contributed by atoms with E-state index in [2.05, 4.69) is 33.2 Å². The second kappa shape index (κ2) is 12.4. The Morgan fingerprint density at radius 3 is 2.62 bits per heavy atom. The first-order valence-corrected chi connectivity index (χ1v) is 14.8. The lowest BCUT2D eigenvalue weighted by Gasteiger charge is -2.31. The molecule has 0 unspecified atom stereocenters. The fraction of sp³-hybridized carbons (Fsp3) is 0.333. The molecule has 0 spiro atoms. The van der Waals surface area contributed by atoms with Gasteiger partial charge in [-0.05, 0) is 69.3 Å². The maximum atomic E-state index is 13.0. The quantitative estimate of drug-likeness (QED) is 0.266. The first-order valence-electron chi connectivity index (χ1n) is 14.0. The van der Waals surface area contributed by atoms with Crippen LogP contribution in [0.15, 0.2) is 60.7 Å². The van der Waals surface area contributed by atoms with Crippen LogP contribution in [0.25, 0.3) is 10.2 Å². The van der Waals surface area contributed by atoms with Crippen LogP contribution in [0.5, 0.6) is 11.5 Å². The van der Waals surface area contributed by atoms with Gasteiger partial charge in [-0.25, -0.2) is 4.98 Å². The van der Waals surface area contributed by atoms with Crippen LogP contribution in [0.2, 0.25) is 0 Å². The number of hydrogen-bond donors (Lipinski definition) is 1. The molecule has 1 N–H and O–H groups in total. The minimum Gasteiger partial charge on any atom is -0.457 e. The van der Waals surface area contributed by atoms with E-state index in [4.69, 9.17) is 4.74 Å². The highest BCUT2D eigenvalue weighted by Crippen LogP contribution is 2.32. The molecule has 1 fully saturated rings. The number of aryl methyl sites for hydroxylation is 1. The predicted molar refractivity (Wildman–Crippen MR) is 167 cm³/mol. The maximum Gasteiger partial charge on any atom is 0.255 e. The molecule has 1 amide bonds. The summed E-state index contributed by atoms with van der Waals surface area (Å²) >= 11 is 1.51. The van der Waals surface area contributed by atoms with Gasteiger partial charge >= 0.3 is 0 Å². The number of anilines is 1. The molecule has 0 saturated carbocycles. The van der Waals surface area contributed by atoms with Crippen LogP contribution in [0.1, 0.15) is 40.3 Å². The van der Waals surface area contributed by atoms with Crippen LogP contribution in [-0.4, -0.2) is 66.2 Å². The molecule has 1 saturated heterocycles. The van der Waals surface area contributed by atoms with Crippen molar-refractivity contribution in [1.29, 1.82) is 5.26 Å². The predicted octanol–water partition coefficient (Wildman–Crippen LogP) is 5.81. The van der Waals surface area contributed by atoms with E-state index in [0.29, 0.717) is 35.7 Å². The molecule has 2 heterocycles. The smallest absolute Gasteiger partial charge is 0.255 e. The summed E-state index contributed by atoms with van der Waals surface area (Å²) in [6, 6.07) is 20.7. The Kier molecular flexibility index (Phi) is 8.69. The molecule has 1 aromatic heterocycles. The number of ether oxygens (including phenoxy) is 1. The van der Waals surface area contributed by atoms with Gasteiger partial charge < -0.3 is 15.0 Å². The third-order valence-corrected chi connectivity index (χ3v) is 8.57. The number of carbonyl (C=O) groups is 2. The number of benzene rings is 3. The number of rotatable bonds is 9. The Balaban J connectivity index is 1.25. The molecule has 0 bridgehead atoms. The minimum absolute atomic E-state index is 0.185. The largest absolute Gasteiger partial charge is 0.457 e. The first-order chi connectivity index (χ1) is 20.1. The van der Waals surface area contributed by atoms with Crippen LogP contribution >= 0.6 is 11.3 Å². The molecular formula is C33H35N5O3S. The van der Waals surface area contributed by atoms with Crippen molar-refractivity contribution in [3.05, 3.63) is 82.4 Å². The van der Waals surface area contributed by atoms with Crippen LogP contribution in [0.3, 0.4) is 0 Å².